The topological polar surface area (TPSA) is 75.9 Å². The van der Waals surface area contributed by atoms with E-state index in [0.717, 1.165) is 24.3 Å². The maximum absolute atomic E-state index is 5.42. The molecule has 16 heavy (non-hydrogen) atoms. The van der Waals surface area contributed by atoms with Crippen molar-refractivity contribution in [2.24, 2.45) is 11.3 Å². The van der Waals surface area contributed by atoms with Crippen molar-refractivity contribution in [2.75, 3.05) is 17.3 Å². The SMILES string of the molecule is CCc1c(NN)ncnc1NCC1(C)CC1. The van der Waals surface area contributed by atoms with Crippen molar-refractivity contribution in [1.82, 2.24) is 9.97 Å². The van der Waals surface area contributed by atoms with E-state index < -0.39 is 0 Å². The summed E-state index contributed by atoms with van der Waals surface area (Å²) in [4.78, 5) is 8.37. The fraction of sp³-hybridized carbons (Fsp3) is 0.636. The van der Waals surface area contributed by atoms with Crippen LogP contribution >= 0.6 is 0 Å². The molecule has 5 nitrogen and oxygen atoms in total. The molecule has 0 spiro atoms. The molecule has 0 aromatic carbocycles. The highest BCUT2D eigenvalue weighted by Crippen LogP contribution is 2.44. The zero-order valence-corrected chi connectivity index (χ0v) is 9.88. The average molecular weight is 221 g/mol. The number of nitrogen functional groups attached to an aromatic ring is 1. The Morgan fingerprint density at radius 1 is 1.38 bits per heavy atom. The number of nitrogens with two attached hydrogens (primary N) is 1. The Labute approximate surface area is 95.8 Å². The van der Waals surface area contributed by atoms with E-state index in [1.165, 1.54) is 19.2 Å². The Kier molecular flexibility index (Phi) is 2.96. The first kappa shape index (κ1) is 11.1. The third kappa shape index (κ3) is 2.24. The fourth-order valence-corrected chi connectivity index (χ4v) is 1.71. The van der Waals surface area contributed by atoms with Crippen molar-refractivity contribution >= 4 is 11.6 Å². The van der Waals surface area contributed by atoms with Crippen LogP contribution in [0.25, 0.3) is 0 Å². The molecule has 0 atom stereocenters. The van der Waals surface area contributed by atoms with Gasteiger partial charge in [0, 0.05) is 12.1 Å². The molecule has 0 radical (unpaired) electrons. The lowest BCUT2D eigenvalue weighted by molar-refractivity contribution is 0.608. The second kappa shape index (κ2) is 4.25. The summed E-state index contributed by atoms with van der Waals surface area (Å²) in [5.74, 6) is 7.03. The summed E-state index contributed by atoms with van der Waals surface area (Å²) in [6.07, 6.45) is 4.99. The van der Waals surface area contributed by atoms with Crippen molar-refractivity contribution in [3.8, 4) is 0 Å². The van der Waals surface area contributed by atoms with Crippen molar-refractivity contribution in [3.05, 3.63) is 11.9 Å². The normalized spacial score (nSPS) is 16.9. The Balaban J connectivity index is 2.12. The van der Waals surface area contributed by atoms with Gasteiger partial charge in [-0.05, 0) is 24.7 Å². The molecule has 1 aromatic rings. The zero-order chi connectivity index (χ0) is 11.6. The van der Waals surface area contributed by atoms with Crippen LogP contribution in [0, 0.1) is 5.41 Å². The van der Waals surface area contributed by atoms with Crippen molar-refractivity contribution in [1.29, 1.82) is 0 Å². The van der Waals surface area contributed by atoms with Gasteiger partial charge in [-0.2, -0.15) is 0 Å². The van der Waals surface area contributed by atoms with Gasteiger partial charge in [0.15, 0.2) is 0 Å². The molecule has 88 valence electrons. The predicted octanol–water partition coefficient (Wildman–Crippen LogP) is 1.54. The molecule has 5 heteroatoms. The van der Waals surface area contributed by atoms with Crippen LogP contribution in [0.4, 0.5) is 11.6 Å². The van der Waals surface area contributed by atoms with E-state index in [1.54, 1.807) is 0 Å². The summed E-state index contributed by atoms with van der Waals surface area (Å²) in [5, 5.41) is 3.39. The van der Waals surface area contributed by atoms with Crippen LogP contribution in [0.2, 0.25) is 0 Å². The van der Waals surface area contributed by atoms with Crippen molar-refractivity contribution < 1.29 is 0 Å². The average Bonchev–Trinajstić information content (AvgIpc) is 3.04. The fourth-order valence-electron chi connectivity index (χ4n) is 1.71. The van der Waals surface area contributed by atoms with Gasteiger partial charge in [0.25, 0.3) is 0 Å². The van der Waals surface area contributed by atoms with Gasteiger partial charge >= 0.3 is 0 Å². The van der Waals surface area contributed by atoms with Gasteiger partial charge in [0.2, 0.25) is 0 Å². The van der Waals surface area contributed by atoms with E-state index in [2.05, 4.69) is 34.6 Å². The third-order valence-electron chi connectivity index (χ3n) is 3.22. The van der Waals surface area contributed by atoms with Gasteiger partial charge in [-0.15, -0.1) is 0 Å². The molecule has 1 heterocycles. The number of nitrogens with zero attached hydrogens (tertiary/aromatic N) is 2. The summed E-state index contributed by atoms with van der Waals surface area (Å²) >= 11 is 0. The number of anilines is 2. The maximum atomic E-state index is 5.42. The second-order valence-electron chi connectivity index (χ2n) is 4.71. The molecular formula is C11H19N5. The summed E-state index contributed by atoms with van der Waals surface area (Å²) in [6, 6.07) is 0. The Bertz CT molecular complexity index is 373. The molecule has 1 saturated carbocycles. The van der Waals surface area contributed by atoms with Crippen LogP contribution in [-0.4, -0.2) is 16.5 Å². The van der Waals surface area contributed by atoms with Crippen LogP contribution in [-0.2, 0) is 6.42 Å². The molecule has 1 aliphatic carbocycles. The smallest absolute Gasteiger partial charge is 0.148 e. The van der Waals surface area contributed by atoms with Crippen LogP contribution in [0.15, 0.2) is 6.33 Å². The molecule has 0 aliphatic heterocycles. The van der Waals surface area contributed by atoms with Gasteiger partial charge in [-0.1, -0.05) is 13.8 Å². The molecule has 0 unspecified atom stereocenters. The lowest BCUT2D eigenvalue weighted by atomic mass is 10.1. The van der Waals surface area contributed by atoms with E-state index in [0.29, 0.717) is 11.2 Å². The van der Waals surface area contributed by atoms with Gasteiger partial charge in [-0.25, -0.2) is 15.8 Å². The number of hydrogen-bond donors (Lipinski definition) is 3. The van der Waals surface area contributed by atoms with Crippen molar-refractivity contribution in [2.45, 2.75) is 33.1 Å². The minimum absolute atomic E-state index is 0.465. The van der Waals surface area contributed by atoms with Gasteiger partial charge in [0.05, 0.1) is 0 Å². The van der Waals surface area contributed by atoms with E-state index in [9.17, 15) is 0 Å². The number of nitrogens with one attached hydrogen (secondary N) is 2. The first-order chi connectivity index (χ1) is 7.68. The quantitative estimate of drug-likeness (QED) is 0.519. The Morgan fingerprint density at radius 3 is 2.62 bits per heavy atom. The predicted molar refractivity (Wildman–Crippen MR) is 65.1 cm³/mol. The first-order valence-electron chi connectivity index (χ1n) is 5.73. The molecule has 0 amide bonds. The molecule has 1 aromatic heterocycles. The molecule has 0 bridgehead atoms. The lowest BCUT2D eigenvalue weighted by Crippen LogP contribution is -2.17. The highest BCUT2D eigenvalue weighted by molar-refractivity contribution is 5.56. The minimum atomic E-state index is 0.465. The van der Waals surface area contributed by atoms with Crippen LogP contribution in [0.3, 0.4) is 0 Å². The van der Waals surface area contributed by atoms with Gasteiger partial charge in [0.1, 0.15) is 18.0 Å². The van der Waals surface area contributed by atoms with E-state index in [1.807, 2.05) is 0 Å². The lowest BCUT2D eigenvalue weighted by Gasteiger charge is -2.15. The number of hydrogen-bond acceptors (Lipinski definition) is 5. The molecule has 2 rings (SSSR count). The van der Waals surface area contributed by atoms with Crippen LogP contribution in [0.5, 0.6) is 0 Å². The van der Waals surface area contributed by atoms with Crippen LogP contribution < -0.4 is 16.6 Å². The Hall–Kier alpha value is -1.36. The third-order valence-corrected chi connectivity index (χ3v) is 3.22. The standard InChI is InChI=1S/C11H19N5/c1-3-8-9(13-6-11(2)4-5-11)14-7-15-10(8)16-12/h7H,3-6,12H2,1-2H3,(H2,13,14,15,16). The summed E-state index contributed by atoms with van der Waals surface area (Å²) in [7, 11) is 0. The zero-order valence-electron chi connectivity index (χ0n) is 9.88. The number of hydrazine groups is 1. The van der Waals surface area contributed by atoms with Crippen LogP contribution in [0.1, 0.15) is 32.3 Å². The maximum Gasteiger partial charge on any atom is 0.148 e. The second-order valence-corrected chi connectivity index (χ2v) is 4.71. The molecular weight excluding hydrogens is 202 g/mol. The highest BCUT2D eigenvalue weighted by Gasteiger charge is 2.37. The number of rotatable bonds is 5. The first-order valence-corrected chi connectivity index (χ1v) is 5.73. The largest absolute Gasteiger partial charge is 0.369 e. The van der Waals surface area contributed by atoms with Gasteiger partial charge < -0.3 is 10.7 Å². The molecule has 4 N–H and O–H groups in total. The van der Waals surface area contributed by atoms with Gasteiger partial charge in [-0.3, -0.25) is 0 Å². The summed E-state index contributed by atoms with van der Waals surface area (Å²) in [6.45, 7) is 5.33. The molecule has 1 aliphatic rings. The van der Waals surface area contributed by atoms with Crippen molar-refractivity contribution in [3.63, 3.8) is 0 Å². The highest BCUT2D eigenvalue weighted by atomic mass is 15.3. The van der Waals surface area contributed by atoms with E-state index in [-0.39, 0.29) is 0 Å². The monoisotopic (exact) mass is 221 g/mol. The minimum Gasteiger partial charge on any atom is -0.369 e. The summed E-state index contributed by atoms with van der Waals surface area (Å²) < 4.78 is 0. The van der Waals surface area contributed by atoms with E-state index >= 15 is 0 Å². The van der Waals surface area contributed by atoms with E-state index in [4.69, 9.17) is 5.84 Å². The Morgan fingerprint density at radius 2 is 2.06 bits per heavy atom. The summed E-state index contributed by atoms with van der Waals surface area (Å²) in [5.41, 5.74) is 4.12. The number of aromatic nitrogens is 2. The molecule has 1 fully saturated rings. The molecule has 0 saturated heterocycles.